The highest BCUT2D eigenvalue weighted by molar-refractivity contribution is 6.30. The van der Waals surface area contributed by atoms with E-state index in [9.17, 15) is 0 Å². The number of benzene rings is 3. The lowest BCUT2D eigenvalue weighted by Crippen LogP contribution is -2.67. The van der Waals surface area contributed by atoms with Crippen molar-refractivity contribution in [2.24, 2.45) is 0 Å². The molecule has 0 aliphatic carbocycles. The first-order valence-electron chi connectivity index (χ1n) is 11.5. The van der Waals surface area contributed by atoms with Crippen LogP contribution in [-0.2, 0) is 0 Å². The molecular formula is C27H30ClN3O2. The summed E-state index contributed by atoms with van der Waals surface area (Å²) in [5, 5.41) is 0.726. The van der Waals surface area contributed by atoms with Gasteiger partial charge in [0.25, 0.3) is 0 Å². The van der Waals surface area contributed by atoms with E-state index in [1.54, 1.807) is 7.11 Å². The number of hydrogen-bond donors (Lipinski definition) is 0. The van der Waals surface area contributed by atoms with Crippen LogP contribution in [0.1, 0.15) is 0 Å². The zero-order chi connectivity index (χ0) is 22.6. The van der Waals surface area contributed by atoms with E-state index >= 15 is 0 Å². The molecule has 0 radical (unpaired) electrons. The van der Waals surface area contributed by atoms with Gasteiger partial charge in [-0.05, 0) is 60.7 Å². The second-order valence-corrected chi connectivity index (χ2v) is 9.09. The number of nitrogens with zero attached hydrogens (tertiary/aromatic N) is 3. The highest BCUT2D eigenvalue weighted by Crippen LogP contribution is 2.32. The fraction of sp³-hybridized carbons (Fsp3) is 0.333. The molecule has 0 saturated carbocycles. The summed E-state index contributed by atoms with van der Waals surface area (Å²) in [4.78, 5) is 7.49. The van der Waals surface area contributed by atoms with E-state index in [0.717, 1.165) is 55.8 Å². The largest absolute Gasteiger partial charge is 0.497 e. The molecule has 2 saturated heterocycles. The Hall–Kier alpha value is -2.89. The molecule has 0 aromatic heterocycles. The van der Waals surface area contributed by atoms with Crippen molar-refractivity contribution in [2.45, 2.75) is 12.1 Å². The summed E-state index contributed by atoms with van der Waals surface area (Å²) in [5.41, 5.74) is 2.52. The molecule has 0 unspecified atom stereocenters. The summed E-state index contributed by atoms with van der Waals surface area (Å²) < 4.78 is 11.7. The summed E-state index contributed by atoms with van der Waals surface area (Å²) in [6, 6.07) is 27.0. The van der Waals surface area contributed by atoms with Crippen molar-refractivity contribution < 1.29 is 9.47 Å². The summed E-state index contributed by atoms with van der Waals surface area (Å²) >= 11 is 6.05. The summed E-state index contributed by atoms with van der Waals surface area (Å²) in [7, 11) is 1.70. The molecule has 3 aromatic rings. The lowest BCUT2D eigenvalue weighted by Gasteiger charge is -2.51. The molecule has 0 bridgehead atoms. The molecule has 2 atom stereocenters. The third kappa shape index (κ3) is 5.05. The van der Waals surface area contributed by atoms with Crippen LogP contribution >= 0.6 is 11.6 Å². The molecule has 2 fully saturated rings. The molecule has 172 valence electrons. The van der Waals surface area contributed by atoms with Gasteiger partial charge in [0.1, 0.15) is 17.6 Å². The van der Waals surface area contributed by atoms with E-state index < -0.39 is 0 Å². The number of methoxy groups -OCH3 is 1. The van der Waals surface area contributed by atoms with Crippen molar-refractivity contribution >= 4 is 23.0 Å². The fourth-order valence-corrected chi connectivity index (χ4v) is 4.82. The molecule has 2 heterocycles. The first-order chi connectivity index (χ1) is 16.2. The Labute approximate surface area is 201 Å². The number of anilines is 2. The van der Waals surface area contributed by atoms with E-state index in [4.69, 9.17) is 21.1 Å². The van der Waals surface area contributed by atoms with Crippen molar-refractivity contribution in [3.8, 4) is 11.5 Å². The van der Waals surface area contributed by atoms with Crippen LogP contribution < -0.4 is 19.3 Å². The highest BCUT2D eigenvalue weighted by atomic mass is 35.5. The van der Waals surface area contributed by atoms with E-state index in [-0.39, 0.29) is 12.1 Å². The Morgan fingerprint density at radius 3 is 2.12 bits per heavy atom. The Morgan fingerprint density at radius 1 is 0.788 bits per heavy atom. The Kier molecular flexibility index (Phi) is 6.60. The number of halogens is 1. The third-order valence-corrected chi connectivity index (χ3v) is 6.90. The van der Waals surface area contributed by atoms with E-state index in [0.29, 0.717) is 0 Å². The Bertz CT molecular complexity index is 1020. The van der Waals surface area contributed by atoms with Crippen LogP contribution in [0.2, 0.25) is 5.02 Å². The molecule has 33 heavy (non-hydrogen) atoms. The third-order valence-electron chi connectivity index (χ3n) is 6.65. The van der Waals surface area contributed by atoms with Gasteiger partial charge in [-0.1, -0.05) is 29.8 Å². The molecule has 0 spiro atoms. The Balaban J connectivity index is 1.26. The van der Waals surface area contributed by atoms with Gasteiger partial charge in [0.2, 0.25) is 0 Å². The highest BCUT2D eigenvalue weighted by Gasteiger charge is 2.42. The summed E-state index contributed by atoms with van der Waals surface area (Å²) in [6.45, 7) is 6.03. The van der Waals surface area contributed by atoms with Gasteiger partial charge in [0.05, 0.1) is 19.7 Å². The zero-order valence-corrected chi connectivity index (χ0v) is 19.7. The molecule has 5 nitrogen and oxygen atoms in total. The van der Waals surface area contributed by atoms with Crippen LogP contribution in [-0.4, -0.2) is 63.4 Å². The van der Waals surface area contributed by atoms with Crippen LogP contribution in [0.25, 0.3) is 0 Å². The number of para-hydroxylation sites is 1. The molecule has 6 heteroatoms. The molecule has 0 amide bonds. The van der Waals surface area contributed by atoms with Gasteiger partial charge in [-0.3, -0.25) is 4.90 Å². The van der Waals surface area contributed by atoms with Crippen LogP contribution in [0.5, 0.6) is 11.5 Å². The molecule has 2 aliphatic heterocycles. The van der Waals surface area contributed by atoms with E-state index in [1.165, 1.54) is 11.4 Å². The molecular weight excluding hydrogens is 434 g/mol. The number of rotatable bonds is 7. The molecule has 0 N–H and O–H groups in total. The van der Waals surface area contributed by atoms with Crippen LogP contribution in [0.15, 0.2) is 78.9 Å². The van der Waals surface area contributed by atoms with E-state index in [2.05, 4.69) is 57.2 Å². The van der Waals surface area contributed by atoms with Gasteiger partial charge in [0.15, 0.2) is 0 Å². The minimum absolute atomic E-state index is 0.139. The Morgan fingerprint density at radius 2 is 1.45 bits per heavy atom. The minimum atomic E-state index is 0.139. The predicted molar refractivity (Wildman–Crippen MR) is 135 cm³/mol. The van der Waals surface area contributed by atoms with Gasteiger partial charge in [-0.15, -0.1) is 0 Å². The average molecular weight is 464 g/mol. The predicted octanol–water partition coefficient (Wildman–Crippen LogP) is 4.81. The van der Waals surface area contributed by atoms with Crippen molar-refractivity contribution in [2.75, 3.05) is 56.2 Å². The monoisotopic (exact) mass is 463 g/mol. The topological polar surface area (TPSA) is 28.2 Å². The lowest BCUT2D eigenvalue weighted by atomic mass is 9.96. The van der Waals surface area contributed by atoms with E-state index in [1.807, 2.05) is 36.4 Å². The summed E-state index contributed by atoms with van der Waals surface area (Å²) in [6.07, 6.45) is 0.139. The van der Waals surface area contributed by atoms with Gasteiger partial charge >= 0.3 is 0 Å². The van der Waals surface area contributed by atoms with Crippen LogP contribution in [0.3, 0.4) is 0 Å². The summed E-state index contributed by atoms with van der Waals surface area (Å²) in [5.74, 6) is 1.75. The molecule has 3 aromatic carbocycles. The maximum Gasteiger partial charge on any atom is 0.138 e. The number of piperazine rings is 1. The second kappa shape index (κ2) is 9.94. The number of hydrogen-bond acceptors (Lipinski definition) is 5. The standard InChI is InChI=1S/C27H30ClN3O2/c1-32-24-13-9-23(10-14-24)31-20-27(33-25-11-7-21(28)8-12-25)26(31)19-29-15-17-30(18-16-29)22-5-3-2-4-6-22/h2-14,26-27H,15-20H2,1H3/t26-,27-/m1/s1. The maximum absolute atomic E-state index is 6.38. The van der Waals surface area contributed by atoms with Crippen LogP contribution in [0, 0.1) is 0 Å². The lowest BCUT2D eigenvalue weighted by molar-refractivity contribution is 0.0863. The second-order valence-electron chi connectivity index (χ2n) is 8.65. The van der Waals surface area contributed by atoms with Crippen molar-refractivity contribution in [3.63, 3.8) is 0 Å². The normalized spacial score (nSPS) is 20.9. The quantitative estimate of drug-likeness (QED) is 0.501. The smallest absolute Gasteiger partial charge is 0.138 e. The molecule has 2 aliphatic rings. The fourth-order valence-electron chi connectivity index (χ4n) is 4.70. The maximum atomic E-state index is 6.38. The van der Waals surface area contributed by atoms with Gasteiger partial charge in [0, 0.05) is 49.1 Å². The SMILES string of the molecule is COc1ccc(N2C[C@@H](Oc3ccc(Cl)cc3)[C@H]2CN2CCN(c3ccccc3)CC2)cc1. The molecule has 5 rings (SSSR count). The first kappa shape index (κ1) is 21.9. The van der Waals surface area contributed by atoms with Crippen molar-refractivity contribution in [1.29, 1.82) is 0 Å². The van der Waals surface area contributed by atoms with Crippen LogP contribution in [0.4, 0.5) is 11.4 Å². The van der Waals surface area contributed by atoms with Crippen molar-refractivity contribution in [3.05, 3.63) is 83.9 Å². The van der Waals surface area contributed by atoms with Gasteiger partial charge < -0.3 is 19.3 Å². The minimum Gasteiger partial charge on any atom is -0.497 e. The number of ether oxygens (including phenoxy) is 2. The van der Waals surface area contributed by atoms with Gasteiger partial charge in [-0.25, -0.2) is 0 Å². The van der Waals surface area contributed by atoms with Crippen molar-refractivity contribution in [1.82, 2.24) is 4.90 Å². The first-order valence-corrected chi connectivity index (χ1v) is 11.9. The zero-order valence-electron chi connectivity index (χ0n) is 18.9. The van der Waals surface area contributed by atoms with Gasteiger partial charge in [-0.2, -0.15) is 0 Å². The average Bonchev–Trinajstić information content (AvgIpc) is 2.87.